The highest BCUT2D eigenvalue weighted by Gasteiger charge is 2.32. The molecule has 2 aliphatic rings. The number of rotatable bonds is 8. The van der Waals surface area contributed by atoms with Crippen molar-refractivity contribution in [3.63, 3.8) is 0 Å². The summed E-state index contributed by atoms with van der Waals surface area (Å²) in [6, 6.07) is 16.6. The van der Waals surface area contributed by atoms with Gasteiger partial charge in [-0.2, -0.15) is 17.6 Å². The molecule has 4 heterocycles. The smallest absolute Gasteiger partial charge is 0.393 e. The number of carbonyl (C=O) groups excluding carboxylic acids is 1. The third-order valence-corrected chi connectivity index (χ3v) is 8.42. The zero-order valence-electron chi connectivity index (χ0n) is 25.2. The lowest BCUT2D eigenvalue weighted by Gasteiger charge is -2.31. The van der Waals surface area contributed by atoms with E-state index >= 15 is 4.39 Å². The Morgan fingerprint density at radius 3 is 2.41 bits per heavy atom. The number of amides is 1. The highest BCUT2D eigenvalue weighted by molar-refractivity contribution is 6.00. The average Bonchev–Trinajstić information content (AvgIpc) is 3.41. The van der Waals surface area contributed by atoms with E-state index in [4.69, 9.17) is 9.47 Å². The van der Waals surface area contributed by atoms with Crippen LogP contribution in [0.25, 0.3) is 22.0 Å². The van der Waals surface area contributed by atoms with Crippen LogP contribution in [0.4, 0.5) is 17.6 Å². The monoisotopic (exact) mass is 634 g/mol. The molecule has 0 saturated carbocycles. The molecule has 2 fully saturated rings. The summed E-state index contributed by atoms with van der Waals surface area (Å²) in [6.45, 7) is 5.14. The molecule has 0 aliphatic carbocycles. The standard InChI is InChI=1S/C35H34F4N4O3/c1-2-31(44)42-17-15-26(16-18-42)46-30-14-12-25(22-40-30)33(28(21-35(37,38)39)23-8-4-3-5-9-23)24-11-13-29-27(20-24)34(36)41-43(29)32-10-6-7-19-45-32/h2-5,8-9,11-14,20,22,26,32H,1,6-7,10,15-19,21H2. The number of halogens is 4. The van der Waals surface area contributed by atoms with Crippen LogP contribution in [0.3, 0.4) is 0 Å². The van der Waals surface area contributed by atoms with Crippen LogP contribution in [0.5, 0.6) is 5.88 Å². The van der Waals surface area contributed by atoms with Crippen LogP contribution in [-0.4, -0.2) is 57.5 Å². The van der Waals surface area contributed by atoms with E-state index in [2.05, 4.69) is 16.7 Å². The first-order chi connectivity index (χ1) is 22.2. The van der Waals surface area contributed by atoms with Crippen molar-refractivity contribution in [1.29, 1.82) is 0 Å². The molecular formula is C35H34F4N4O3. The van der Waals surface area contributed by atoms with Crippen LogP contribution in [0.1, 0.15) is 61.4 Å². The van der Waals surface area contributed by atoms with Crippen LogP contribution in [-0.2, 0) is 9.53 Å². The third kappa shape index (κ3) is 6.99. The van der Waals surface area contributed by atoms with Crippen molar-refractivity contribution in [2.75, 3.05) is 19.7 Å². The number of likely N-dealkylation sites (tertiary alicyclic amines) is 1. The van der Waals surface area contributed by atoms with Crippen LogP contribution in [0.2, 0.25) is 0 Å². The molecular weight excluding hydrogens is 600 g/mol. The number of alkyl halides is 3. The van der Waals surface area contributed by atoms with Crippen molar-refractivity contribution in [3.05, 3.63) is 102 Å². The topological polar surface area (TPSA) is 69.5 Å². The van der Waals surface area contributed by atoms with Gasteiger partial charge in [0.05, 0.1) is 17.3 Å². The van der Waals surface area contributed by atoms with E-state index < -0.39 is 24.8 Å². The Labute approximate surface area is 264 Å². The summed E-state index contributed by atoms with van der Waals surface area (Å²) in [4.78, 5) is 18.1. The first kappa shape index (κ1) is 31.5. The number of fused-ring (bicyclic) bond motifs is 1. The number of pyridine rings is 1. The maximum Gasteiger partial charge on any atom is 0.393 e. The molecule has 2 aliphatic heterocycles. The van der Waals surface area contributed by atoms with Crippen molar-refractivity contribution in [2.45, 2.75) is 57.0 Å². The summed E-state index contributed by atoms with van der Waals surface area (Å²) < 4.78 is 71.2. The molecule has 2 aromatic carbocycles. The maximum absolute atomic E-state index is 15.3. The van der Waals surface area contributed by atoms with Gasteiger partial charge in [-0.3, -0.25) is 4.79 Å². The summed E-state index contributed by atoms with van der Waals surface area (Å²) in [6.07, 6.45) is 0.253. The number of carbonyl (C=O) groups is 1. The van der Waals surface area contributed by atoms with E-state index in [0.717, 1.165) is 12.8 Å². The number of ether oxygens (including phenoxy) is 2. The molecule has 4 aromatic rings. The van der Waals surface area contributed by atoms with Crippen molar-refractivity contribution in [3.8, 4) is 5.88 Å². The summed E-state index contributed by atoms with van der Waals surface area (Å²) in [7, 11) is 0. The van der Waals surface area contributed by atoms with Gasteiger partial charge in [-0.25, -0.2) is 9.67 Å². The molecule has 11 heteroatoms. The van der Waals surface area contributed by atoms with Gasteiger partial charge in [-0.1, -0.05) is 43.0 Å². The van der Waals surface area contributed by atoms with Crippen LogP contribution in [0.15, 0.2) is 79.5 Å². The molecule has 2 saturated heterocycles. The lowest BCUT2D eigenvalue weighted by molar-refractivity contribution is -0.127. The summed E-state index contributed by atoms with van der Waals surface area (Å²) in [5.41, 5.74) is 2.03. The number of hydrogen-bond acceptors (Lipinski definition) is 5. The fraction of sp³-hybridized carbons (Fsp3) is 0.343. The van der Waals surface area contributed by atoms with E-state index in [1.807, 2.05) is 0 Å². The Morgan fingerprint density at radius 2 is 1.76 bits per heavy atom. The summed E-state index contributed by atoms with van der Waals surface area (Å²) in [5.74, 6) is -0.518. The fourth-order valence-corrected chi connectivity index (χ4v) is 6.18. The predicted octanol–water partition coefficient (Wildman–Crippen LogP) is 7.74. The van der Waals surface area contributed by atoms with E-state index in [1.54, 1.807) is 65.6 Å². The molecule has 1 amide bonds. The normalized spacial score (nSPS) is 18.3. The van der Waals surface area contributed by atoms with Crippen LogP contribution in [0, 0.1) is 5.95 Å². The minimum absolute atomic E-state index is 0.0330. The summed E-state index contributed by atoms with van der Waals surface area (Å²) in [5, 5.41) is 4.30. The van der Waals surface area contributed by atoms with Gasteiger partial charge in [0.2, 0.25) is 17.7 Å². The Kier molecular flexibility index (Phi) is 9.21. The number of nitrogens with zero attached hydrogens (tertiary/aromatic N) is 4. The molecule has 0 N–H and O–H groups in total. The second kappa shape index (κ2) is 13.5. The van der Waals surface area contributed by atoms with Crippen molar-refractivity contribution < 1.29 is 31.8 Å². The molecule has 1 atom stereocenters. The van der Waals surface area contributed by atoms with Crippen LogP contribution < -0.4 is 4.74 Å². The van der Waals surface area contributed by atoms with E-state index in [1.165, 1.54) is 17.0 Å². The Balaban J connectivity index is 1.39. The van der Waals surface area contributed by atoms with Gasteiger partial charge < -0.3 is 14.4 Å². The minimum Gasteiger partial charge on any atom is -0.474 e. The molecule has 0 radical (unpaired) electrons. The Bertz CT molecular complexity index is 1720. The average molecular weight is 635 g/mol. The lowest BCUT2D eigenvalue weighted by atomic mass is 9.88. The summed E-state index contributed by atoms with van der Waals surface area (Å²) >= 11 is 0. The molecule has 240 valence electrons. The molecule has 2 aromatic heterocycles. The lowest BCUT2D eigenvalue weighted by Crippen LogP contribution is -2.41. The van der Waals surface area contributed by atoms with Crippen molar-refractivity contribution >= 4 is 28.0 Å². The van der Waals surface area contributed by atoms with Crippen molar-refractivity contribution in [2.24, 2.45) is 0 Å². The minimum atomic E-state index is -4.52. The third-order valence-electron chi connectivity index (χ3n) is 8.42. The zero-order chi connectivity index (χ0) is 32.3. The van der Waals surface area contributed by atoms with Gasteiger partial charge in [0.1, 0.15) is 6.10 Å². The number of hydrogen-bond donors (Lipinski definition) is 0. The highest BCUT2D eigenvalue weighted by Crippen LogP contribution is 2.40. The van der Waals surface area contributed by atoms with Gasteiger partial charge >= 0.3 is 6.18 Å². The van der Waals surface area contributed by atoms with Gasteiger partial charge in [-0.05, 0) is 65.8 Å². The molecule has 7 nitrogen and oxygen atoms in total. The number of piperidine rings is 1. The molecule has 46 heavy (non-hydrogen) atoms. The predicted molar refractivity (Wildman–Crippen MR) is 166 cm³/mol. The molecule has 0 spiro atoms. The SMILES string of the molecule is C=CC(=O)N1CCC(Oc2ccc(C(=C(CC(F)(F)F)c3ccccc3)c3ccc4c(c3)c(F)nn4C3CCCCO3)cn2)CC1. The maximum atomic E-state index is 15.3. The Hall–Kier alpha value is -4.51. The van der Waals surface area contributed by atoms with E-state index in [9.17, 15) is 18.0 Å². The van der Waals surface area contributed by atoms with E-state index in [-0.39, 0.29) is 28.5 Å². The molecule has 1 unspecified atom stereocenters. The van der Waals surface area contributed by atoms with Gasteiger partial charge in [0.25, 0.3) is 0 Å². The fourth-order valence-electron chi connectivity index (χ4n) is 6.18. The quantitative estimate of drug-likeness (QED) is 0.113. The number of benzene rings is 2. The second-order valence-corrected chi connectivity index (χ2v) is 11.5. The highest BCUT2D eigenvalue weighted by atomic mass is 19.4. The van der Waals surface area contributed by atoms with Crippen LogP contribution >= 0.6 is 0 Å². The van der Waals surface area contributed by atoms with Gasteiger partial charge in [0.15, 0.2) is 6.23 Å². The van der Waals surface area contributed by atoms with Crippen molar-refractivity contribution in [1.82, 2.24) is 19.7 Å². The first-order valence-corrected chi connectivity index (χ1v) is 15.4. The second-order valence-electron chi connectivity index (χ2n) is 11.5. The zero-order valence-corrected chi connectivity index (χ0v) is 25.2. The largest absolute Gasteiger partial charge is 0.474 e. The number of allylic oxidation sites excluding steroid dienone is 1. The Morgan fingerprint density at radius 1 is 1.00 bits per heavy atom. The molecule has 0 bridgehead atoms. The number of aromatic nitrogens is 3. The molecule has 6 rings (SSSR count). The van der Waals surface area contributed by atoms with Gasteiger partial charge in [-0.15, -0.1) is 5.10 Å². The van der Waals surface area contributed by atoms with E-state index in [0.29, 0.717) is 67.0 Å². The first-order valence-electron chi connectivity index (χ1n) is 15.4. The van der Waals surface area contributed by atoms with Gasteiger partial charge in [0, 0.05) is 50.4 Å².